The molecule has 0 heterocycles. The number of aliphatic carboxylic acids is 1. The van der Waals surface area contributed by atoms with Crippen molar-refractivity contribution in [2.75, 3.05) is 0 Å². The lowest BCUT2D eigenvalue weighted by Crippen LogP contribution is -2.52. The predicted molar refractivity (Wildman–Crippen MR) is 75.4 cm³/mol. The first-order valence-corrected chi connectivity index (χ1v) is 6.60. The Kier molecular flexibility index (Phi) is 7.28. The first-order valence-electron chi connectivity index (χ1n) is 6.60. The molecule has 6 nitrogen and oxygen atoms in total. The van der Waals surface area contributed by atoms with E-state index in [1.165, 1.54) is 0 Å². The predicted octanol–water partition coefficient (Wildman–Crippen LogP) is 1.93. The van der Waals surface area contributed by atoms with Crippen LogP contribution in [-0.4, -0.2) is 40.0 Å². The summed E-state index contributed by atoms with van der Waals surface area (Å²) in [5.41, 5.74) is -0.728. The number of carboxylic acids is 1. The number of aliphatic hydroxyl groups is 1. The standard InChI is InChI=1S/C14H25NO5/c1-6-7-8-9(2)11(16)10(12(17)18)15-13(19)20-14(3,4)5/h6-7,9-11,16H,8H2,1-5H3,(H,15,19)(H,17,18)/b7-6+/t9-,10-,11+/m0/s1. The summed E-state index contributed by atoms with van der Waals surface area (Å²) in [5.74, 6) is -1.60. The molecule has 116 valence electrons. The lowest BCUT2D eigenvalue weighted by molar-refractivity contribution is -0.143. The van der Waals surface area contributed by atoms with E-state index in [1.807, 2.05) is 19.1 Å². The average Bonchev–Trinajstić information content (AvgIpc) is 2.29. The van der Waals surface area contributed by atoms with Crippen molar-refractivity contribution in [3.63, 3.8) is 0 Å². The van der Waals surface area contributed by atoms with Gasteiger partial charge in [-0.1, -0.05) is 19.1 Å². The van der Waals surface area contributed by atoms with Gasteiger partial charge in [0.1, 0.15) is 5.60 Å². The fourth-order valence-corrected chi connectivity index (χ4v) is 1.55. The van der Waals surface area contributed by atoms with Crippen molar-refractivity contribution >= 4 is 12.1 Å². The molecule has 0 rings (SSSR count). The first-order chi connectivity index (χ1) is 9.08. The molecule has 0 aromatic heterocycles. The van der Waals surface area contributed by atoms with Gasteiger partial charge >= 0.3 is 12.1 Å². The Morgan fingerprint density at radius 3 is 2.30 bits per heavy atom. The van der Waals surface area contributed by atoms with Crippen LogP contribution in [0.1, 0.15) is 41.0 Å². The average molecular weight is 287 g/mol. The number of ether oxygens (including phenoxy) is 1. The number of rotatable bonds is 6. The molecule has 0 aromatic carbocycles. The van der Waals surface area contributed by atoms with Crippen LogP contribution in [0.3, 0.4) is 0 Å². The van der Waals surface area contributed by atoms with Crippen LogP contribution in [0.5, 0.6) is 0 Å². The van der Waals surface area contributed by atoms with Gasteiger partial charge in [-0.25, -0.2) is 9.59 Å². The maximum Gasteiger partial charge on any atom is 0.408 e. The molecule has 0 saturated heterocycles. The van der Waals surface area contributed by atoms with Gasteiger partial charge in [0, 0.05) is 0 Å². The highest BCUT2D eigenvalue weighted by Gasteiger charge is 2.33. The number of alkyl carbamates (subject to hydrolysis) is 1. The number of amides is 1. The van der Waals surface area contributed by atoms with Crippen LogP contribution >= 0.6 is 0 Å². The van der Waals surface area contributed by atoms with Gasteiger partial charge in [0.15, 0.2) is 6.04 Å². The molecular weight excluding hydrogens is 262 g/mol. The third-order valence-corrected chi connectivity index (χ3v) is 2.61. The number of hydrogen-bond acceptors (Lipinski definition) is 4. The van der Waals surface area contributed by atoms with Gasteiger partial charge < -0.3 is 20.3 Å². The minimum atomic E-state index is -1.40. The summed E-state index contributed by atoms with van der Waals surface area (Å²) in [4.78, 5) is 22.8. The molecule has 3 atom stereocenters. The molecule has 6 heteroatoms. The summed E-state index contributed by atoms with van der Waals surface area (Å²) < 4.78 is 4.99. The molecule has 0 saturated carbocycles. The maximum absolute atomic E-state index is 11.6. The molecule has 20 heavy (non-hydrogen) atoms. The van der Waals surface area contributed by atoms with E-state index >= 15 is 0 Å². The molecule has 0 aliphatic carbocycles. The van der Waals surface area contributed by atoms with Crippen molar-refractivity contribution < 1.29 is 24.5 Å². The fraction of sp³-hybridized carbons (Fsp3) is 0.714. The molecule has 0 spiro atoms. The minimum Gasteiger partial charge on any atom is -0.480 e. The summed E-state index contributed by atoms with van der Waals surface area (Å²) in [6, 6.07) is -1.40. The highest BCUT2D eigenvalue weighted by atomic mass is 16.6. The Hall–Kier alpha value is -1.56. The van der Waals surface area contributed by atoms with Crippen molar-refractivity contribution in [2.24, 2.45) is 5.92 Å². The smallest absolute Gasteiger partial charge is 0.408 e. The number of carboxylic acid groups (broad SMARTS) is 1. The summed E-state index contributed by atoms with van der Waals surface area (Å²) >= 11 is 0. The Labute approximate surface area is 119 Å². The van der Waals surface area contributed by atoms with Crippen LogP contribution in [0.2, 0.25) is 0 Å². The molecule has 0 bridgehead atoms. The number of nitrogens with one attached hydrogen (secondary N) is 1. The van der Waals surface area contributed by atoms with Gasteiger partial charge in [-0.15, -0.1) is 0 Å². The Morgan fingerprint density at radius 1 is 1.35 bits per heavy atom. The van der Waals surface area contributed by atoms with E-state index in [1.54, 1.807) is 27.7 Å². The van der Waals surface area contributed by atoms with E-state index in [2.05, 4.69) is 5.32 Å². The van der Waals surface area contributed by atoms with Gasteiger partial charge in [-0.3, -0.25) is 0 Å². The van der Waals surface area contributed by atoms with Gasteiger partial charge in [-0.2, -0.15) is 0 Å². The van der Waals surface area contributed by atoms with E-state index in [4.69, 9.17) is 9.84 Å². The van der Waals surface area contributed by atoms with Crippen LogP contribution in [-0.2, 0) is 9.53 Å². The van der Waals surface area contributed by atoms with Gasteiger partial charge in [-0.05, 0) is 40.0 Å². The summed E-state index contributed by atoms with van der Waals surface area (Å²) in [6.45, 7) is 8.58. The molecular formula is C14H25NO5. The minimum absolute atomic E-state index is 0.303. The van der Waals surface area contributed by atoms with Crippen LogP contribution in [0, 0.1) is 5.92 Å². The molecule has 0 aromatic rings. The summed E-state index contributed by atoms with van der Waals surface area (Å²) in [6.07, 6.45) is 2.12. The zero-order valence-corrected chi connectivity index (χ0v) is 12.7. The van der Waals surface area contributed by atoms with Crippen molar-refractivity contribution in [1.82, 2.24) is 5.32 Å². The number of allylic oxidation sites excluding steroid dienone is 2. The largest absolute Gasteiger partial charge is 0.480 e. The van der Waals surface area contributed by atoms with Crippen LogP contribution in [0.15, 0.2) is 12.2 Å². The molecule has 0 aliphatic heterocycles. The third kappa shape index (κ3) is 7.13. The maximum atomic E-state index is 11.6. The summed E-state index contributed by atoms with van der Waals surface area (Å²) in [5, 5.41) is 21.3. The van der Waals surface area contributed by atoms with Crippen molar-refractivity contribution in [1.29, 1.82) is 0 Å². The van der Waals surface area contributed by atoms with Crippen LogP contribution in [0.4, 0.5) is 4.79 Å². The highest BCUT2D eigenvalue weighted by Crippen LogP contribution is 2.14. The van der Waals surface area contributed by atoms with Crippen LogP contribution < -0.4 is 5.32 Å². The van der Waals surface area contributed by atoms with Crippen molar-refractivity contribution in [2.45, 2.75) is 58.8 Å². The quantitative estimate of drug-likeness (QED) is 0.649. The van der Waals surface area contributed by atoms with Crippen LogP contribution in [0.25, 0.3) is 0 Å². The second kappa shape index (κ2) is 7.89. The second-order valence-corrected chi connectivity index (χ2v) is 5.73. The number of hydrogen-bond donors (Lipinski definition) is 3. The normalized spacial score (nSPS) is 16.5. The second-order valence-electron chi connectivity index (χ2n) is 5.73. The van der Waals surface area contributed by atoms with E-state index < -0.39 is 29.8 Å². The Balaban J connectivity index is 4.72. The molecule has 1 amide bonds. The van der Waals surface area contributed by atoms with E-state index in [9.17, 15) is 14.7 Å². The Morgan fingerprint density at radius 2 is 1.90 bits per heavy atom. The number of carbonyl (C=O) groups excluding carboxylic acids is 1. The number of carbonyl (C=O) groups is 2. The highest BCUT2D eigenvalue weighted by molar-refractivity contribution is 5.80. The zero-order valence-electron chi connectivity index (χ0n) is 12.7. The van der Waals surface area contributed by atoms with Crippen molar-refractivity contribution in [3.8, 4) is 0 Å². The topological polar surface area (TPSA) is 95.9 Å². The number of aliphatic hydroxyl groups excluding tert-OH is 1. The lowest BCUT2D eigenvalue weighted by Gasteiger charge is -2.26. The Bertz CT molecular complexity index is 359. The van der Waals surface area contributed by atoms with Gasteiger partial charge in [0.2, 0.25) is 0 Å². The molecule has 0 radical (unpaired) electrons. The van der Waals surface area contributed by atoms with E-state index in [0.29, 0.717) is 6.42 Å². The zero-order chi connectivity index (χ0) is 15.9. The lowest BCUT2D eigenvalue weighted by atomic mass is 9.94. The van der Waals surface area contributed by atoms with Gasteiger partial charge in [0.05, 0.1) is 6.10 Å². The monoisotopic (exact) mass is 287 g/mol. The fourth-order valence-electron chi connectivity index (χ4n) is 1.55. The first kappa shape index (κ1) is 18.4. The SMILES string of the molecule is C/C=C/C[C@H](C)[C@@H](O)[C@H](NC(=O)OC(C)(C)C)C(=O)O. The molecule has 0 unspecified atom stereocenters. The van der Waals surface area contributed by atoms with E-state index in [0.717, 1.165) is 0 Å². The molecule has 3 N–H and O–H groups in total. The molecule has 0 aliphatic rings. The molecule has 0 fully saturated rings. The van der Waals surface area contributed by atoms with Crippen molar-refractivity contribution in [3.05, 3.63) is 12.2 Å². The van der Waals surface area contributed by atoms with Gasteiger partial charge in [0.25, 0.3) is 0 Å². The third-order valence-electron chi connectivity index (χ3n) is 2.61. The summed E-state index contributed by atoms with van der Waals surface area (Å²) in [7, 11) is 0. The van der Waals surface area contributed by atoms with E-state index in [-0.39, 0.29) is 5.92 Å².